The maximum Gasteiger partial charge on any atom is 0.223 e. The summed E-state index contributed by atoms with van der Waals surface area (Å²) in [4.78, 5) is 14.5. The lowest BCUT2D eigenvalue weighted by Crippen LogP contribution is -2.41. The van der Waals surface area contributed by atoms with E-state index in [-0.39, 0.29) is 0 Å². The van der Waals surface area contributed by atoms with Gasteiger partial charge in [-0.25, -0.2) is 0 Å². The molecule has 0 aromatic rings. The van der Waals surface area contributed by atoms with Crippen molar-refractivity contribution in [3.8, 4) is 0 Å². The van der Waals surface area contributed by atoms with Gasteiger partial charge in [-0.05, 0) is 45.1 Å². The van der Waals surface area contributed by atoms with Gasteiger partial charge < -0.3 is 10.2 Å². The van der Waals surface area contributed by atoms with Gasteiger partial charge in [0.25, 0.3) is 0 Å². The highest BCUT2D eigenvalue weighted by molar-refractivity contribution is 5.78. The highest BCUT2D eigenvalue weighted by atomic mass is 16.1. The molecule has 0 aromatic carbocycles. The standard InChI is InChI=1S/C16H30N2O/c1-2-15-10-5-6-12-18(15)13-7-11-17-16(19)14-8-3-4-9-14/h14-15H,2-13H2,1H3,(H,17,19)/t15-/m0/s1. The molecule has 0 spiro atoms. The third-order valence-corrected chi connectivity index (χ3v) is 4.87. The molecule has 110 valence electrons. The number of rotatable bonds is 6. The van der Waals surface area contributed by atoms with Gasteiger partial charge in [-0.15, -0.1) is 0 Å². The van der Waals surface area contributed by atoms with Gasteiger partial charge in [-0.1, -0.05) is 26.2 Å². The number of carbonyl (C=O) groups excluding carboxylic acids is 1. The molecule has 2 fully saturated rings. The van der Waals surface area contributed by atoms with E-state index in [4.69, 9.17) is 0 Å². The van der Waals surface area contributed by atoms with E-state index in [0.29, 0.717) is 11.8 Å². The minimum absolute atomic E-state index is 0.309. The molecular formula is C16H30N2O. The average Bonchev–Trinajstić information content (AvgIpc) is 2.98. The molecule has 0 radical (unpaired) electrons. The molecule has 1 aliphatic carbocycles. The predicted octanol–water partition coefficient (Wildman–Crippen LogP) is 2.95. The van der Waals surface area contributed by atoms with Crippen molar-refractivity contribution in [2.24, 2.45) is 5.92 Å². The number of nitrogens with one attached hydrogen (secondary N) is 1. The maximum absolute atomic E-state index is 11.9. The van der Waals surface area contributed by atoms with Crippen molar-refractivity contribution in [3.63, 3.8) is 0 Å². The molecule has 19 heavy (non-hydrogen) atoms. The Hall–Kier alpha value is -0.570. The summed E-state index contributed by atoms with van der Waals surface area (Å²) in [5, 5.41) is 3.13. The van der Waals surface area contributed by atoms with Crippen molar-refractivity contribution in [1.82, 2.24) is 10.2 Å². The predicted molar refractivity (Wildman–Crippen MR) is 79.1 cm³/mol. The summed E-state index contributed by atoms with van der Waals surface area (Å²) < 4.78 is 0. The second kappa shape index (κ2) is 7.88. The zero-order chi connectivity index (χ0) is 13.5. The van der Waals surface area contributed by atoms with E-state index in [1.54, 1.807) is 0 Å². The Balaban J connectivity index is 1.59. The lowest BCUT2D eigenvalue weighted by atomic mass is 10.00. The molecular weight excluding hydrogens is 236 g/mol. The van der Waals surface area contributed by atoms with Crippen molar-refractivity contribution in [3.05, 3.63) is 0 Å². The van der Waals surface area contributed by atoms with E-state index in [9.17, 15) is 4.79 Å². The lowest BCUT2D eigenvalue weighted by Gasteiger charge is -2.35. The second-order valence-corrected chi connectivity index (χ2v) is 6.22. The van der Waals surface area contributed by atoms with E-state index >= 15 is 0 Å². The number of amides is 1. The molecule has 3 heteroatoms. The van der Waals surface area contributed by atoms with Gasteiger partial charge in [-0.2, -0.15) is 0 Å². The summed E-state index contributed by atoms with van der Waals surface area (Å²) in [6, 6.07) is 0.791. The molecule has 0 aromatic heterocycles. The van der Waals surface area contributed by atoms with E-state index in [2.05, 4.69) is 17.1 Å². The van der Waals surface area contributed by atoms with Crippen LogP contribution in [-0.2, 0) is 4.79 Å². The van der Waals surface area contributed by atoms with Crippen LogP contribution < -0.4 is 5.32 Å². The summed E-state index contributed by atoms with van der Waals surface area (Å²) in [5.74, 6) is 0.626. The zero-order valence-corrected chi connectivity index (χ0v) is 12.5. The summed E-state index contributed by atoms with van der Waals surface area (Å²) in [6.45, 7) is 5.58. The van der Waals surface area contributed by atoms with Gasteiger partial charge >= 0.3 is 0 Å². The molecule has 1 saturated carbocycles. The molecule has 1 N–H and O–H groups in total. The minimum atomic E-state index is 0.309. The highest BCUT2D eigenvalue weighted by Gasteiger charge is 2.22. The van der Waals surface area contributed by atoms with Crippen LogP contribution >= 0.6 is 0 Å². The SMILES string of the molecule is CC[C@H]1CCCCN1CCCNC(=O)C1CCCC1. The van der Waals surface area contributed by atoms with Gasteiger partial charge in [-0.3, -0.25) is 4.79 Å². The quantitative estimate of drug-likeness (QED) is 0.750. The van der Waals surface area contributed by atoms with Crippen molar-refractivity contribution >= 4 is 5.91 Å². The lowest BCUT2D eigenvalue weighted by molar-refractivity contribution is -0.124. The number of piperidine rings is 1. The molecule has 1 atom stereocenters. The van der Waals surface area contributed by atoms with Gasteiger partial charge in [0.15, 0.2) is 0 Å². The molecule has 3 nitrogen and oxygen atoms in total. The average molecular weight is 266 g/mol. The van der Waals surface area contributed by atoms with Crippen LogP contribution in [0.1, 0.15) is 64.7 Å². The fourth-order valence-electron chi connectivity index (χ4n) is 3.64. The summed E-state index contributed by atoms with van der Waals surface area (Å²) in [6.07, 6.45) is 11.2. The highest BCUT2D eigenvalue weighted by Crippen LogP contribution is 2.24. The zero-order valence-electron chi connectivity index (χ0n) is 12.5. The largest absolute Gasteiger partial charge is 0.356 e. The Kier molecular flexibility index (Phi) is 6.15. The fourth-order valence-corrected chi connectivity index (χ4v) is 3.64. The van der Waals surface area contributed by atoms with E-state index in [0.717, 1.165) is 38.4 Å². The van der Waals surface area contributed by atoms with Crippen LogP contribution in [0.25, 0.3) is 0 Å². The first-order valence-corrected chi connectivity index (χ1v) is 8.33. The maximum atomic E-state index is 11.9. The molecule has 1 aliphatic heterocycles. The smallest absolute Gasteiger partial charge is 0.223 e. The van der Waals surface area contributed by atoms with Crippen molar-refractivity contribution in [1.29, 1.82) is 0 Å². The van der Waals surface area contributed by atoms with Crippen molar-refractivity contribution in [2.45, 2.75) is 70.8 Å². The third kappa shape index (κ3) is 4.48. The van der Waals surface area contributed by atoms with Crippen LogP contribution in [0.3, 0.4) is 0 Å². The van der Waals surface area contributed by atoms with Gasteiger partial charge in [0.05, 0.1) is 0 Å². The van der Waals surface area contributed by atoms with Crippen LogP contribution in [0.5, 0.6) is 0 Å². The Morgan fingerprint density at radius 2 is 1.89 bits per heavy atom. The monoisotopic (exact) mass is 266 g/mol. The summed E-state index contributed by atoms with van der Waals surface area (Å²) >= 11 is 0. The second-order valence-electron chi connectivity index (χ2n) is 6.22. The Morgan fingerprint density at radius 3 is 2.63 bits per heavy atom. The van der Waals surface area contributed by atoms with Gasteiger partial charge in [0.1, 0.15) is 0 Å². The topological polar surface area (TPSA) is 32.3 Å². The van der Waals surface area contributed by atoms with Crippen LogP contribution in [0.15, 0.2) is 0 Å². The Morgan fingerprint density at radius 1 is 1.16 bits per heavy atom. The van der Waals surface area contributed by atoms with Gasteiger partial charge in [0, 0.05) is 25.0 Å². The number of hydrogen-bond donors (Lipinski definition) is 1. The van der Waals surface area contributed by atoms with Crippen LogP contribution in [0.4, 0.5) is 0 Å². The molecule has 1 amide bonds. The molecule has 2 aliphatic rings. The Labute approximate surface area is 118 Å². The normalized spacial score (nSPS) is 25.6. The van der Waals surface area contributed by atoms with E-state index < -0.39 is 0 Å². The molecule has 0 bridgehead atoms. The van der Waals surface area contributed by atoms with Crippen molar-refractivity contribution in [2.75, 3.05) is 19.6 Å². The van der Waals surface area contributed by atoms with Crippen molar-refractivity contribution < 1.29 is 4.79 Å². The molecule has 1 saturated heterocycles. The summed E-state index contributed by atoms with van der Waals surface area (Å²) in [5.41, 5.74) is 0. The van der Waals surface area contributed by atoms with E-state index in [1.807, 2.05) is 0 Å². The number of likely N-dealkylation sites (tertiary alicyclic amines) is 1. The number of hydrogen-bond acceptors (Lipinski definition) is 2. The van der Waals surface area contributed by atoms with E-state index in [1.165, 1.54) is 45.1 Å². The first kappa shape index (κ1) is 14.8. The molecule has 1 heterocycles. The third-order valence-electron chi connectivity index (χ3n) is 4.87. The molecule has 2 rings (SSSR count). The fraction of sp³-hybridized carbons (Fsp3) is 0.938. The van der Waals surface area contributed by atoms with Gasteiger partial charge in [0.2, 0.25) is 5.91 Å². The first-order valence-electron chi connectivity index (χ1n) is 8.33. The number of nitrogens with zero attached hydrogens (tertiary/aromatic N) is 1. The Bertz CT molecular complexity index is 274. The first-order chi connectivity index (χ1) is 9.31. The summed E-state index contributed by atoms with van der Waals surface area (Å²) in [7, 11) is 0. The molecule has 0 unspecified atom stereocenters. The number of carbonyl (C=O) groups is 1. The van der Waals surface area contributed by atoms with Crippen LogP contribution in [0, 0.1) is 5.92 Å². The van der Waals surface area contributed by atoms with Crippen LogP contribution in [-0.4, -0.2) is 36.5 Å². The minimum Gasteiger partial charge on any atom is -0.356 e. The van der Waals surface area contributed by atoms with Crippen LogP contribution in [0.2, 0.25) is 0 Å².